The van der Waals surface area contributed by atoms with E-state index in [1.54, 1.807) is 6.07 Å². The van der Waals surface area contributed by atoms with E-state index >= 15 is 0 Å². The molecule has 2 heteroatoms. The van der Waals surface area contributed by atoms with Crippen molar-refractivity contribution < 1.29 is 0 Å². The smallest absolute Gasteiger partial charge is 0.251 e. The van der Waals surface area contributed by atoms with Crippen LogP contribution in [0.5, 0.6) is 0 Å². The molecule has 14 heavy (non-hydrogen) atoms. The molecule has 0 atom stereocenters. The minimum atomic E-state index is 0.0821. The SMILES string of the molecule is O=c1cccc2n1Cc1ccccc1-2. The maximum Gasteiger partial charge on any atom is 0.251 e. The predicted molar refractivity (Wildman–Crippen MR) is 55.2 cm³/mol. The summed E-state index contributed by atoms with van der Waals surface area (Å²) in [7, 11) is 0. The number of hydrogen-bond acceptors (Lipinski definition) is 1. The molecule has 3 rings (SSSR count). The third-order valence-corrected chi connectivity index (χ3v) is 2.67. The van der Waals surface area contributed by atoms with E-state index in [4.69, 9.17) is 0 Å². The van der Waals surface area contributed by atoms with Gasteiger partial charge in [-0.2, -0.15) is 0 Å². The number of hydrogen-bond donors (Lipinski definition) is 0. The van der Waals surface area contributed by atoms with Crippen molar-refractivity contribution in [1.29, 1.82) is 0 Å². The van der Waals surface area contributed by atoms with Crippen LogP contribution in [0.2, 0.25) is 0 Å². The Bertz CT molecular complexity index is 554. The van der Waals surface area contributed by atoms with Crippen LogP contribution in [0.15, 0.2) is 47.3 Å². The van der Waals surface area contributed by atoms with Crippen molar-refractivity contribution in [3.63, 3.8) is 0 Å². The van der Waals surface area contributed by atoms with Crippen LogP contribution in [0.3, 0.4) is 0 Å². The van der Waals surface area contributed by atoms with Gasteiger partial charge in [-0.15, -0.1) is 0 Å². The highest BCUT2D eigenvalue weighted by Crippen LogP contribution is 2.29. The highest BCUT2D eigenvalue weighted by molar-refractivity contribution is 5.67. The van der Waals surface area contributed by atoms with Gasteiger partial charge in [-0.05, 0) is 11.6 Å². The van der Waals surface area contributed by atoms with Crippen LogP contribution in [0.25, 0.3) is 11.3 Å². The minimum Gasteiger partial charge on any atom is -0.304 e. The fourth-order valence-electron chi connectivity index (χ4n) is 2.00. The molecule has 0 amide bonds. The maximum atomic E-state index is 11.5. The van der Waals surface area contributed by atoms with Crippen molar-refractivity contribution in [3.05, 3.63) is 58.4 Å². The van der Waals surface area contributed by atoms with Gasteiger partial charge < -0.3 is 4.57 Å². The van der Waals surface area contributed by atoms with Gasteiger partial charge in [0.15, 0.2) is 0 Å². The standard InChI is InChI=1S/C12H9NO/c14-12-7-3-6-11-10-5-2-1-4-9(10)8-13(11)12/h1-7H,8H2. The third kappa shape index (κ3) is 0.880. The number of pyridine rings is 1. The molecule has 2 heterocycles. The average molecular weight is 183 g/mol. The van der Waals surface area contributed by atoms with E-state index in [-0.39, 0.29) is 5.56 Å². The Kier molecular flexibility index (Phi) is 1.39. The first kappa shape index (κ1) is 7.56. The third-order valence-electron chi connectivity index (χ3n) is 2.67. The zero-order valence-electron chi connectivity index (χ0n) is 7.60. The fraction of sp³-hybridized carbons (Fsp3) is 0.0833. The Balaban J connectivity index is 2.38. The van der Waals surface area contributed by atoms with E-state index in [9.17, 15) is 4.79 Å². The van der Waals surface area contributed by atoms with Crippen LogP contribution in [0, 0.1) is 0 Å². The summed E-state index contributed by atoms with van der Waals surface area (Å²) in [5, 5.41) is 0. The van der Waals surface area contributed by atoms with E-state index < -0.39 is 0 Å². The molecule has 0 N–H and O–H groups in total. The molecule has 0 bridgehead atoms. The number of aromatic nitrogens is 1. The van der Waals surface area contributed by atoms with Gasteiger partial charge in [0.2, 0.25) is 0 Å². The van der Waals surface area contributed by atoms with Gasteiger partial charge in [0, 0.05) is 11.6 Å². The monoisotopic (exact) mass is 183 g/mol. The summed E-state index contributed by atoms with van der Waals surface area (Å²) in [5.74, 6) is 0. The van der Waals surface area contributed by atoms with Crippen molar-refractivity contribution >= 4 is 0 Å². The first-order chi connectivity index (χ1) is 6.86. The molecule has 2 nitrogen and oxygen atoms in total. The van der Waals surface area contributed by atoms with Gasteiger partial charge in [0.25, 0.3) is 5.56 Å². The highest BCUT2D eigenvalue weighted by Gasteiger charge is 2.16. The largest absolute Gasteiger partial charge is 0.304 e. The van der Waals surface area contributed by atoms with Crippen LogP contribution in [0.1, 0.15) is 5.56 Å². The van der Waals surface area contributed by atoms with Crippen LogP contribution < -0.4 is 5.56 Å². The molecule has 0 aliphatic carbocycles. The quantitative estimate of drug-likeness (QED) is 0.521. The van der Waals surface area contributed by atoms with E-state index in [1.807, 2.05) is 28.8 Å². The lowest BCUT2D eigenvalue weighted by atomic mass is 10.1. The van der Waals surface area contributed by atoms with Crippen LogP contribution in [-0.2, 0) is 6.54 Å². The van der Waals surface area contributed by atoms with E-state index in [1.165, 1.54) is 11.1 Å². The maximum absolute atomic E-state index is 11.5. The van der Waals surface area contributed by atoms with Crippen LogP contribution in [-0.4, -0.2) is 4.57 Å². The Labute approximate surface area is 81.4 Å². The zero-order chi connectivity index (χ0) is 9.54. The van der Waals surface area contributed by atoms with Crippen molar-refractivity contribution in [3.8, 4) is 11.3 Å². The molecule has 68 valence electrons. The molecule has 0 radical (unpaired) electrons. The first-order valence-electron chi connectivity index (χ1n) is 4.64. The summed E-state index contributed by atoms with van der Waals surface area (Å²) in [6.07, 6.45) is 0. The first-order valence-corrected chi connectivity index (χ1v) is 4.64. The summed E-state index contributed by atoms with van der Waals surface area (Å²) in [6, 6.07) is 13.6. The van der Waals surface area contributed by atoms with E-state index in [0.29, 0.717) is 6.54 Å². The molecular formula is C12H9NO. The van der Waals surface area contributed by atoms with Crippen LogP contribution >= 0.6 is 0 Å². The van der Waals surface area contributed by atoms with Crippen molar-refractivity contribution in [2.45, 2.75) is 6.54 Å². The highest BCUT2D eigenvalue weighted by atomic mass is 16.1. The minimum absolute atomic E-state index is 0.0821. The summed E-state index contributed by atoms with van der Waals surface area (Å²) < 4.78 is 1.81. The zero-order valence-corrected chi connectivity index (χ0v) is 7.60. The lowest BCUT2D eigenvalue weighted by molar-refractivity contribution is 0.803. The second-order valence-corrected chi connectivity index (χ2v) is 3.49. The molecule has 1 aliphatic heterocycles. The Hall–Kier alpha value is -1.83. The predicted octanol–water partition coefficient (Wildman–Crippen LogP) is 1.88. The number of benzene rings is 1. The summed E-state index contributed by atoms with van der Waals surface area (Å²) in [5.41, 5.74) is 3.54. The van der Waals surface area contributed by atoms with E-state index in [2.05, 4.69) is 12.1 Å². The molecule has 0 saturated carbocycles. The molecular weight excluding hydrogens is 174 g/mol. The molecule has 1 aromatic carbocycles. The summed E-state index contributed by atoms with van der Waals surface area (Å²) in [6.45, 7) is 0.713. The molecule has 0 fully saturated rings. The lowest BCUT2D eigenvalue weighted by Gasteiger charge is -2.00. The van der Waals surface area contributed by atoms with Crippen molar-refractivity contribution in [2.75, 3.05) is 0 Å². The topological polar surface area (TPSA) is 22.0 Å². The number of rotatable bonds is 0. The molecule has 1 aliphatic rings. The lowest BCUT2D eigenvalue weighted by Crippen LogP contribution is -2.16. The van der Waals surface area contributed by atoms with Gasteiger partial charge in [-0.25, -0.2) is 0 Å². The molecule has 2 aromatic rings. The Morgan fingerprint density at radius 2 is 1.86 bits per heavy atom. The number of fused-ring (bicyclic) bond motifs is 3. The Morgan fingerprint density at radius 3 is 2.79 bits per heavy atom. The second kappa shape index (κ2) is 2.58. The van der Waals surface area contributed by atoms with Gasteiger partial charge in [-0.3, -0.25) is 4.79 Å². The molecule has 1 aromatic heterocycles. The van der Waals surface area contributed by atoms with E-state index in [0.717, 1.165) is 5.69 Å². The average Bonchev–Trinajstić information content (AvgIpc) is 2.59. The Morgan fingerprint density at radius 1 is 1.00 bits per heavy atom. The van der Waals surface area contributed by atoms with Gasteiger partial charge in [0.05, 0.1) is 12.2 Å². The summed E-state index contributed by atoms with van der Waals surface area (Å²) in [4.78, 5) is 11.5. The van der Waals surface area contributed by atoms with Crippen molar-refractivity contribution in [2.24, 2.45) is 0 Å². The molecule has 0 unspecified atom stereocenters. The fourth-order valence-corrected chi connectivity index (χ4v) is 2.00. The number of nitrogens with zero attached hydrogens (tertiary/aromatic N) is 1. The van der Waals surface area contributed by atoms with Gasteiger partial charge in [-0.1, -0.05) is 30.3 Å². The summed E-state index contributed by atoms with van der Waals surface area (Å²) >= 11 is 0. The normalized spacial score (nSPS) is 12.3. The van der Waals surface area contributed by atoms with Gasteiger partial charge >= 0.3 is 0 Å². The van der Waals surface area contributed by atoms with Crippen LogP contribution in [0.4, 0.5) is 0 Å². The van der Waals surface area contributed by atoms with Crippen molar-refractivity contribution in [1.82, 2.24) is 4.57 Å². The second-order valence-electron chi connectivity index (χ2n) is 3.49. The van der Waals surface area contributed by atoms with Gasteiger partial charge in [0.1, 0.15) is 0 Å². The molecule has 0 spiro atoms. The molecule has 0 saturated heterocycles.